The molecule has 0 spiro atoms. The first-order valence-corrected chi connectivity index (χ1v) is 4.76. The van der Waals surface area contributed by atoms with E-state index in [0.29, 0.717) is 0 Å². The maximum Gasteiger partial charge on any atom is 0.122 e. The Morgan fingerprint density at radius 2 is 1.93 bits per heavy atom. The molecule has 0 aliphatic heterocycles. The molecular formula is C13H16O2. The van der Waals surface area contributed by atoms with Crippen molar-refractivity contribution in [2.24, 2.45) is 0 Å². The lowest BCUT2D eigenvalue weighted by atomic mass is 9.96. The van der Waals surface area contributed by atoms with Gasteiger partial charge < -0.3 is 9.84 Å². The molecule has 0 radical (unpaired) electrons. The van der Waals surface area contributed by atoms with Crippen molar-refractivity contribution in [2.45, 2.75) is 12.8 Å². The van der Waals surface area contributed by atoms with E-state index in [4.69, 9.17) is 4.74 Å². The van der Waals surface area contributed by atoms with Crippen LogP contribution in [-0.2, 0) is 0 Å². The average Bonchev–Trinajstić information content (AvgIpc) is 2.22. The van der Waals surface area contributed by atoms with Gasteiger partial charge in [0.05, 0.1) is 7.11 Å². The number of aryl methyl sites for hydroxylation is 1. The van der Waals surface area contributed by atoms with Crippen LogP contribution in [0.5, 0.6) is 11.5 Å². The summed E-state index contributed by atoms with van der Waals surface area (Å²) in [6.45, 7) is 9.30. The van der Waals surface area contributed by atoms with Crippen LogP contribution in [0.1, 0.15) is 17.0 Å². The van der Waals surface area contributed by atoms with E-state index >= 15 is 0 Å². The monoisotopic (exact) mass is 204 g/mol. The second-order valence-corrected chi connectivity index (χ2v) is 3.38. The lowest BCUT2D eigenvalue weighted by molar-refractivity contribution is 0.407. The van der Waals surface area contributed by atoms with Gasteiger partial charge in [0.2, 0.25) is 0 Å². The standard InChI is InChI=1S/C13H16O2/c1-5-10(6-2)11-8-13(15-4)9(3)7-12(11)14/h5-8,10,14H,1-2H2,3-4H3. The minimum Gasteiger partial charge on any atom is -0.508 e. The second kappa shape index (κ2) is 4.69. The number of aromatic hydroxyl groups is 1. The lowest BCUT2D eigenvalue weighted by Gasteiger charge is -2.13. The van der Waals surface area contributed by atoms with Crippen LogP contribution >= 0.6 is 0 Å². The summed E-state index contributed by atoms with van der Waals surface area (Å²) in [6.07, 6.45) is 3.47. The van der Waals surface area contributed by atoms with E-state index in [-0.39, 0.29) is 11.7 Å². The summed E-state index contributed by atoms with van der Waals surface area (Å²) in [7, 11) is 1.61. The van der Waals surface area contributed by atoms with Gasteiger partial charge in [-0.05, 0) is 24.6 Å². The van der Waals surface area contributed by atoms with Gasteiger partial charge in [-0.3, -0.25) is 0 Å². The molecule has 80 valence electrons. The number of benzene rings is 1. The number of methoxy groups -OCH3 is 1. The van der Waals surface area contributed by atoms with Crippen LogP contribution in [0.3, 0.4) is 0 Å². The van der Waals surface area contributed by atoms with Gasteiger partial charge in [0.25, 0.3) is 0 Å². The van der Waals surface area contributed by atoms with E-state index in [0.717, 1.165) is 16.9 Å². The van der Waals surface area contributed by atoms with Crippen LogP contribution in [0, 0.1) is 6.92 Å². The number of phenolic OH excluding ortho intramolecular Hbond substituents is 1. The Labute approximate surface area is 90.5 Å². The molecule has 0 saturated carbocycles. The molecule has 1 N–H and O–H groups in total. The predicted octanol–water partition coefficient (Wildman–Crippen LogP) is 3.16. The largest absolute Gasteiger partial charge is 0.508 e. The van der Waals surface area contributed by atoms with Gasteiger partial charge in [0.15, 0.2) is 0 Å². The molecule has 0 aromatic heterocycles. The minimum atomic E-state index is -0.0560. The molecular weight excluding hydrogens is 188 g/mol. The van der Waals surface area contributed by atoms with E-state index < -0.39 is 0 Å². The Kier molecular flexibility index (Phi) is 3.56. The summed E-state index contributed by atoms with van der Waals surface area (Å²) in [6, 6.07) is 3.51. The summed E-state index contributed by atoms with van der Waals surface area (Å²) >= 11 is 0. The number of rotatable bonds is 4. The Morgan fingerprint density at radius 1 is 1.33 bits per heavy atom. The van der Waals surface area contributed by atoms with Crippen LogP contribution in [0.25, 0.3) is 0 Å². The fourth-order valence-corrected chi connectivity index (χ4v) is 1.53. The fraction of sp³-hybridized carbons (Fsp3) is 0.231. The molecule has 0 aliphatic rings. The third-order valence-electron chi connectivity index (χ3n) is 2.41. The second-order valence-electron chi connectivity index (χ2n) is 3.38. The number of phenols is 1. The highest BCUT2D eigenvalue weighted by Gasteiger charge is 2.12. The fourth-order valence-electron chi connectivity index (χ4n) is 1.53. The molecule has 0 heterocycles. The zero-order valence-corrected chi connectivity index (χ0v) is 9.16. The van der Waals surface area contributed by atoms with E-state index in [1.807, 2.05) is 13.0 Å². The van der Waals surface area contributed by atoms with Crippen LogP contribution in [-0.4, -0.2) is 12.2 Å². The number of hydrogen-bond acceptors (Lipinski definition) is 2. The quantitative estimate of drug-likeness (QED) is 0.763. The highest BCUT2D eigenvalue weighted by Crippen LogP contribution is 2.33. The Hall–Kier alpha value is -1.70. The summed E-state index contributed by atoms with van der Waals surface area (Å²) in [5.41, 5.74) is 1.67. The predicted molar refractivity (Wildman–Crippen MR) is 62.5 cm³/mol. The van der Waals surface area contributed by atoms with Crippen LogP contribution < -0.4 is 4.74 Å². The summed E-state index contributed by atoms with van der Waals surface area (Å²) < 4.78 is 5.20. The third kappa shape index (κ3) is 2.21. The van der Waals surface area contributed by atoms with Crippen LogP contribution in [0.4, 0.5) is 0 Å². The molecule has 2 heteroatoms. The average molecular weight is 204 g/mol. The molecule has 1 aromatic rings. The lowest BCUT2D eigenvalue weighted by Crippen LogP contribution is -1.95. The van der Waals surface area contributed by atoms with Crippen molar-refractivity contribution in [3.8, 4) is 11.5 Å². The molecule has 1 rings (SSSR count). The van der Waals surface area contributed by atoms with E-state index in [2.05, 4.69) is 13.2 Å². The van der Waals surface area contributed by atoms with Gasteiger partial charge >= 0.3 is 0 Å². The van der Waals surface area contributed by atoms with E-state index in [1.165, 1.54) is 0 Å². The number of allylic oxidation sites excluding steroid dienone is 2. The zero-order chi connectivity index (χ0) is 11.4. The minimum absolute atomic E-state index is 0.0560. The van der Waals surface area contributed by atoms with E-state index in [9.17, 15) is 5.11 Å². The zero-order valence-electron chi connectivity index (χ0n) is 9.16. The molecule has 0 atom stereocenters. The number of ether oxygens (including phenoxy) is 1. The Bertz CT molecular complexity index is 372. The molecule has 1 aromatic carbocycles. The van der Waals surface area contributed by atoms with Crippen molar-refractivity contribution >= 4 is 0 Å². The Morgan fingerprint density at radius 3 is 2.40 bits per heavy atom. The molecule has 0 amide bonds. The van der Waals surface area contributed by atoms with Gasteiger partial charge in [-0.2, -0.15) is 0 Å². The normalized spacial score (nSPS) is 10.1. The van der Waals surface area contributed by atoms with Gasteiger partial charge in [-0.25, -0.2) is 0 Å². The molecule has 0 saturated heterocycles. The van der Waals surface area contributed by atoms with Crippen molar-refractivity contribution in [2.75, 3.05) is 7.11 Å². The number of hydrogen-bond donors (Lipinski definition) is 1. The first-order chi connectivity index (χ1) is 7.13. The summed E-state index contributed by atoms with van der Waals surface area (Å²) in [5, 5.41) is 9.79. The molecule has 0 fully saturated rings. The van der Waals surface area contributed by atoms with Crippen molar-refractivity contribution in [3.05, 3.63) is 48.6 Å². The van der Waals surface area contributed by atoms with E-state index in [1.54, 1.807) is 25.3 Å². The topological polar surface area (TPSA) is 29.5 Å². The van der Waals surface area contributed by atoms with Gasteiger partial charge in [-0.1, -0.05) is 12.2 Å². The maximum atomic E-state index is 9.79. The molecule has 0 unspecified atom stereocenters. The SMILES string of the molecule is C=CC(C=C)c1cc(OC)c(C)cc1O. The van der Waals surface area contributed by atoms with Crippen molar-refractivity contribution < 1.29 is 9.84 Å². The maximum absolute atomic E-state index is 9.79. The first kappa shape index (κ1) is 11.4. The Balaban J connectivity index is 3.28. The first-order valence-electron chi connectivity index (χ1n) is 4.76. The molecule has 2 nitrogen and oxygen atoms in total. The highest BCUT2D eigenvalue weighted by molar-refractivity contribution is 5.48. The highest BCUT2D eigenvalue weighted by atomic mass is 16.5. The van der Waals surface area contributed by atoms with Crippen LogP contribution in [0.15, 0.2) is 37.4 Å². The smallest absolute Gasteiger partial charge is 0.122 e. The van der Waals surface area contributed by atoms with Crippen molar-refractivity contribution in [3.63, 3.8) is 0 Å². The van der Waals surface area contributed by atoms with Crippen molar-refractivity contribution in [1.82, 2.24) is 0 Å². The van der Waals surface area contributed by atoms with Gasteiger partial charge in [0.1, 0.15) is 11.5 Å². The summed E-state index contributed by atoms with van der Waals surface area (Å²) in [4.78, 5) is 0. The third-order valence-corrected chi connectivity index (χ3v) is 2.41. The van der Waals surface area contributed by atoms with Crippen molar-refractivity contribution in [1.29, 1.82) is 0 Å². The van der Waals surface area contributed by atoms with Gasteiger partial charge in [-0.15, -0.1) is 13.2 Å². The molecule has 15 heavy (non-hydrogen) atoms. The molecule has 0 aliphatic carbocycles. The van der Waals surface area contributed by atoms with Crippen LogP contribution in [0.2, 0.25) is 0 Å². The molecule has 0 bridgehead atoms. The summed E-state index contributed by atoms with van der Waals surface area (Å²) in [5.74, 6) is 0.953. The van der Waals surface area contributed by atoms with Gasteiger partial charge in [0, 0.05) is 11.5 Å².